The van der Waals surface area contributed by atoms with Gasteiger partial charge in [-0.3, -0.25) is 4.79 Å². The number of carbonyl (C=O) groups excluding carboxylic acids is 2. The summed E-state index contributed by atoms with van der Waals surface area (Å²) in [5.41, 5.74) is 1.65. The van der Waals surface area contributed by atoms with Crippen LogP contribution >= 0.6 is 39.1 Å². The predicted octanol–water partition coefficient (Wildman–Crippen LogP) is 5.42. The van der Waals surface area contributed by atoms with Crippen LogP contribution in [0.15, 0.2) is 46.9 Å². The lowest BCUT2D eigenvalue weighted by Gasteiger charge is -2.12. The maximum absolute atomic E-state index is 12.1. The molecule has 0 aliphatic rings. The number of nitrogens with zero attached hydrogens (tertiary/aromatic N) is 1. The number of halogens is 3. The van der Waals surface area contributed by atoms with Gasteiger partial charge in [0.1, 0.15) is 5.52 Å². The van der Waals surface area contributed by atoms with Gasteiger partial charge in [-0.25, -0.2) is 9.78 Å². The molecule has 3 aromatic rings. The highest BCUT2D eigenvalue weighted by atomic mass is 79.9. The number of esters is 1. The number of aromatic nitrogens is 1. The molecule has 0 saturated carbocycles. The van der Waals surface area contributed by atoms with E-state index in [1.165, 1.54) is 6.07 Å². The minimum atomic E-state index is -0.697. The van der Waals surface area contributed by atoms with Gasteiger partial charge in [0.15, 0.2) is 24.7 Å². The van der Waals surface area contributed by atoms with Crippen molar-refractivity contribution >= 4 is 61.8 Å². The molecule has 1 heterocycles. The highest BCUT2D eigenvalue weighted by Gasteiger charge is 2.16. The fourth-order valence-electron chi connectivity index (χ4n) is 2.47. The standard InChI is InChI=1S/C20H14BrCl2NO4/c1-11-2-7-14-15(22)8-16(23)20(19(14)24-11)28-10-18(26)27-9-17(25)12-3-5-13(21)6-4-12/h2-8H,9-10H2,1H3. The highest BCUT2D eigenvalue weighted by Crippen LogP contribution is 2.37. The SMILES string of the molecule is Cc1ccc2c(Cl)cc(Cl)c(OCC(=O)OCC(=O)c3ccc(Br)cc3)c2n1. The largest absolute Gasteiger partial charge is 0.478 e. The Morgan fingerprint density at radius 3 is 2.46 bits per heavy atom. The van der Waals surface area contributed by atoms with E-state index in [2.05, 4.69) is 20.9 Å². The summed E-state index contributed by atoms with van der Waals surface area (Å²) in [5.74, 6) is -0.772. The summed E-state index contributed by atoms with van der Waals surface area (Å²) >= 11 is 15.7. The van der Waals surface area contributed by atoms with Gasteiger partial charge in [0.2, 0.25) is 0 Å². The molecule has 0 atom stereocenters. The minimum absolute atomic E-state index is 0.231. The summed E-state index contributed by atoms with van der Waals surface area (Å²) in [6, 6.07) is 11.9. The van der Waals surface area contributed by atoms with E-state index in [1.54, 1.807) is 30.3 Å². The van der Waals surface area contributed by atoms with Gasteiger partial charge in [0, 0.05) is 21.1 Å². The van der Waals surface area contributed by atoms with Crippen molar-refractivity contribution in [2.45, 2.75) is 6.92 Å². The molecule has 0 radical (unpaired) electrons. The van der Waals surface area contributed by atoms with Gasteiger partial charge in [-0.05, 0) is 37.3 Å². The van der Waals surface area contributed by atoms with Crippen molar-refractivity contribution in [1.29, 1.82) is 0 Å². The molecular weight excluding hydrogens is 469 g/mol. The van der Waals surface area contributed by atoms with Crippen molar-refractivity contribution in [2.24, 2.45) is 0 Å². The molecule has 0 aliphatic carbocycles. The first-order valence-corrected chi connectivity index (χ1v) is 9.72. The van der Waals surface area contributed by atoms with Crippen LogP contribution in [0.4, 0.5) is 0 Å². The van der Waals surface area contributed by atoms with Crippen LogP contribution in [0.25, 0.3) is 10.9 Å². The second-order valence-corrected chi connectivity index (χ2v) is 7.63. The zero-order chi connectivity index (χ0) is 20.3. The first-order chi connectivity index (χ1) is 13.3. The van der Waals surface area contributed by atoms with Crippen LogP contribution in [0.2, 0.25) is 10.0 Å². The molecule has 0 N–H and O–H groups in total. The first kappa shape index (κ1) is 20.6. The molecule has 0 amide bonds. The molecule has 0 aliphatic heterocycles. The average Bonchev–Trinajstić information content (AvgIpc) is 2.66. The Morgan fingerprint density at radius 2 is 1.75 bits per heavy atom. The minimum Gasteiger partial charge on any atom is -0.478 e. The quantitative estimate of drug-likeness (QED) is 0.346. The number of benzene rings is 2. The van der Waals surface area contributed by atoms with Gasteiger partial charge in [-0.2, -0.15) is 0 Å². The number of pyridine rings is 1. The van der Waals surface area contributed by atoms with Crippen molar-refractivity contribution in [2.75, 3.05) is 13.2 Å². The Kier molecular flexibility index (Phi) is 6.54. The molecule has 144 valence electrons. The summed E-state index contributed by atoms with van der Waals surface area (Å²) in [7, 11) is 0. The molecular formula is C20H14BrCl2NO4. The topological polar surface area (TPSA) is 65.5 Å². The lowest BCUT2D eigenvalue weighted by Crippen LogP contribution is -2.19. The van der Waals surface area contributed by atoms with Crippen LogP contribution in [-0.4, -0.2) is 30.0 Å². The molecule has 0 fully saturated rings. The Hall–Kier alpha value is -2.15. The molecule has 1 aromatic heterocycles. The van der Waals surface area contributed by atoms with Gasteiger partial charge >= 0.3 is 5.97 Å². The number of ketones is 1. The van der Waals surface area contributed by atoms with Gasteiger partial charge in [-0.1, -0.05) is 51.3 Å². The van der Waals surface area contributed by atoms with Crippen molar-refractivity contribution < 1.29 is 19.1 Å². The van der Waals surface area contributed by atoms with Crippen LogP contribution < -0.4 is 4.74 Å². The van der Waals surface area contributed by atoms with Crippen molar-refractivity contribution in [3.05, 3.63) is 68.2 Å². The third-order valence-electron chi connectivity index (χ3n) is 3.84. The summed E-state index contributed by atoms with van der Waals surface area (Å²) in [6.07, 6.45) is 0. The molecule has 2 aromatic carbocycles. The van der Waals surface area contributed by atoms with Gasteiger partial charge in [-0.15, -0.1) is 0 Å². The second-order valence-electron chi connectivity index (χ2n) is 5.90. The monoisotopic (exact) mass is 481 g/mol. The molecule has 0 unspecified atom stereocenters. The van der Waals surface area contributed by atoms with Crippen LogP contribution in [0.3, 0.4) is 0 Å². The lowest BCUT2D eigenvalue weighted by molar-refractivity contribution is -0.144. The van der Waals surface area contributed by atoms with E-state index in [1.807, 2.05) is 13.0 Å². The maximum Gasteiger partial charge on any atom is 0.344 e. The second kappa shape index (κ2) is 8.90. The van der Waals surface area contributed by atoms with Crippen molar-refractivity contribution in [1.82, 2.24) is 4.98 Å². The Bertz CT molecular complexity index is 1050. The van der Waals surface area contributed by atoms with E-state index in [4.69, 9.17) is 32.7 Å². The van der Waals surface area contributed by atoms with E-state index in [0.717, 1.165) is 10.2 Å². The van der Waals surface area contributed by atoms with E-state index in [0.29, 0.717) is 21.5 Å². The Labute approximate surface area is 179 Å². The van der Waals surface area contributed by atoms with Crippen LogP contribution in [0.1, 0.15) is 16.1 Å². The number of hydrogen-bond acceptors (Lipinski definition) is 5. The Balaban J connectivity index is 1.65. The average molecular weight is 483 g/mol. The van der Waals surface area contributed by atoms with E-state index >= 15 is 0 Å². The number of carbonyl (C=O) groups is 2. The molecule has 0 bridgehead atoms. The number of fused-ring (bicyclic) bond motifs is 1. The molecule has 0 spiro atoms. The zero-order valence-electron chi connectivity index (χ0n) is 14.7. The van der Waals surface area contributed by atoms with Crippen molar-refractivity contribution in [3.63, 3.8) is 0 Å². The first-order valence-electron chi connectivity index (χ1n) is 8.17. The molecule has 28 heavy (non-hydrogen) atoms. The van der Waals surface area contributed by atoms with Crippen LogP contribution in [0.5, 0.6) is 5.75 Å². The van der Waals surface area contributed by atoms with E-state index in [-0.39, 0.29) is 23.2 Å². The lowest BCUT2D eigenvalue weighted by atomic mass is 10.1. The third kappa shape index (κ3) is 4.82. The third-order valence-corrected chi connectivity index (χ3v) is 4.96. The molecule has 5 nitrogen and oxygen atoms in total. The normalized spacial score (nSPS) is 10.7. The van der Waals surface area contributed by atoms with E-state index < -0.39 is 12.6 Å². The van der Waals surface area contributed by atoms with Gasteiger partial charge in [0.25, 0.3) is 0 Å². The highest BCUT2D eigenvalue weighted by molar-refractivity contribution is 9.10. The van der Waals surface area contributed by atoms with E-state index in [9.17, 15) is 9.59 Å². The fraction of sp³-hybridized carbons (Fsp3) is 0.150. The van der Waals surface area contributed by atoms with Gasteiger partial charge < -0.3 is 9.47 Å². The van der Waals surface area contributed by atoms with Crippen LogP contribution in [0, 0.1) is 6.92 Å². The maximum atomic E-state index is 12.1. The van der Waals surface area contributed by atoms with Gasteiger partial charge in [0.05, 0.1) is 10.0 Å². The molecule has 0 saturated heterocycles. The predicted molar refractivity (Wildman–Crippen MR) is 111 cm³/mol. The summed E-state index contributed by atoms with van der Waals surface area (Å²) < 4.78 is 11.4. The fourth-order valence-corrected chi connectivity index (χ4v) is 3.30. The molecule has 8 heteroatoms. The Morgan fingerprint density at radius 1 is 1.04 bits per heavy atom. The number of Topliss-reactive ketones (excluding diaryl/α,β-unsaturated/α-hetero) is 1. The number of ether oxygens (including phenoxy) is 2. The smallest absolute Gasteiger partial charge is 0.344 e. The molecule has 3 rings (SSSR count). The zero-order valence-corrected chi connectivity index (χ0v) is 17.8. The summed E-state index contributed by atoms with van der Waals surface area (Å²) in [5, 5.41) is 1.32. The summed E-state index contributed by atoms with van der Waals surface area (Å²) in [6.45, 7) is 1.02. The number of hydrogen-bond donors (Lipinski definition) is 0. The number of rotatable bonds is 6. The number of aryl methyl sites for hydroxylation is 1. The van der Waals surface area contributed by atoms with Crippen molar-refractivity contribution in [3.8, 4) is 5.75 Å². The summed E-state index contributed by atoms with van der Waals surface area (Å²) in [4.78, 5) is 28.4. The van der Waals surface area contributed by atoms with Crippen LogP contribution in [-0.2, 0) is 9.53 Å².